The zero-order valence-corrected chi connectivity index (χ0v) is 12.0. The normalized spacial score (nSPS) is 10.5. The zero-order valence-electron chi connectivity index (χ0n) is 12.0. The van der Waals surface area contributed by atoms with E-state index < -0.39 is 17.4 Å². The first kappa shape index (κ1) is 15.0. The summed E-state index contributed by atoms with van der Waals surface area (Å²) in [7, 11) is 0. The summed E-state index contributed by atoms with van der Waals surface area (Å²) in [4.78, 5) is 4.09. The van der Waals surface area contributed by atoms with Crippen LogP contribution < -0.4 is 4.74 Å². The molecule has 0 aliphatic carbocycles. The number of hydrogen-bond acceptors (Lipinski definition) is 3. The van der Waals surface area contributed by atoms with Crippen LogP contribution in [0.25, 0.3) is 11.1 Å². The van der Waals surface area contributed by atoms with Crippen molar-refractivity contribution in [1.82, 2.24) is 4.98 Å². The number of ether oxygens (including phenoxy) is 1. The molecule has 0 atom stereocenters. The van der Waals surface area contributed by atoms with Crippen molar-refractivity contribution in [3.05, 3.63) is 78.0 Å². The molecule has 3 rings (SSSR count). The van der Waals surface area contributed by atoms with E-state index in [4.69, 9.17) is 9.84 Å². The van der Waals surface area contributed by atoms with Gasteiger partial charge in [0.05, 0.1) is 0 Å². The molecule has 23 heavy (non-hydrogen) atoms. The van der Waals surface area contributed by atoms with Gasteiger partial charge in [0.1, 0.15) is 6.61 Å². The van der Waals surface area contributed by atoms with Crippen molar-refractivity contribution in [3.63, 3.8) is 0 Å². The minimum atomic E-state index is -1.27. The second-order valence-electron chi connectivity index (χ2n) is 4.92. The van der Waals surface area contributed by atoms with E-state index in [1.807, 2.05) is 30.3 Å². The highest BCUT2D eigenvalue weighted by Crippen LogP contribution is 2.29. The summed E-state index contributed by atoms with van der Waals surface area (Å²) in [5.74, 6) is -2.71. The van der Waals surface area contributed by atoms with E-state index >= 15 is 0 Å². The van der Waals surface area contributed by atoms with Crippen molar-refractivity contribution in [3.8, 4) is 22.8 Å². The summed E-state index contributed by atoms with van der Waals surface area (Å²) in [5, 5.41) is 9.14. The standard InChI is InChI=1S/C18H13F2NO2/c19-17-14(7-8-15(22)18(17)20)13-6-9-16(21-10-13)23-11-12-4-2-1-3-5-12/h1-10,22H,11H2. The van der Waals surface area contributed by atoms with Crippen LogP contribution in [0, 0.1) is 11.6 Å². The van der Waals surface area contributed by atoms with Gasteiger partial charge in [-0.25, -0.2) is 9.37 Å². The number of rotatable bonds is 4. The monoisotopic (exact) mass is 313 g/mol. The van der Waals surface area contributed by atoms with E-state index in [-0.39, 0.29) is 5.56 Å². The molecule has 1 aromatic heterocycles. The van der Waals surface area contributed by atoms with Crippen LogP contribution in [0.3, 0.4) is 0 Å². The number of benzene rings is 2. The summed E-state index contributed by atoms with van der Waals surface area (Å²) < 4.78 is 32.8. The zero-order chi connectivity index (χ0) is 16.2. The highest BCUT2D eigenvalue weighted by Gasteiger charge is 2.14. The average molecular weight is 313 g/mol. The van der Waals surface area contributed by atoms with Gasteiger partial charge in [-0.2, -0.15) is 4.39 Å². The van der Waals surface area contributed by atoms with E-state index in [0.29, 0.717) is 18.1 Å². The largest absolute Gasteiger partial charge is 0.505 e. The lowest BCUT2D eigenvalue weighted by atomic mass is 10.1. The van der Waals surface area contributed by atoms with Gasteiger partial charge in [0.15, 0.2) is 11.6 Å². The predicted octanol–water partition coefficient (Wildman–Crippen LogP) is 4.31. The van der Waals surface area contributed by atoms with Crippen LogP contribution in [0.5, 0.6) is 11.6 Å². The molecule has 0 unspecified atom stereocenters. The fourth-order valence-corrected chi connectivity index (χ4v) is 2.12. The van der Waals surface area contributed by atoms with Gasteiger partial charge in [-0.3, -0.25) is 0 Å². The smallest absolute Gasteiger partial charge is 0.213 e. The van der Waals surface area contributed by atoms with Gasteiger partial charge >= 0.3 is 0 Å². The third kappa shape index (κ3) is 3.29. The van der Waals surface area contributed by atoms with Crippen LogP contribution >= 0.6 is 0 Å². The van der Waals surface area contributed by atoms with Crippen molar-refractivity contribution in [1.29, 1.82) is 0 Å². The number of pyridine rings is 1. The summed E-state index contributed by atoms with van der Waals surface area (Å²) in [5.41, 5.74) is 1.43. The summed E-state index contributed by atoms with van der Waals surface area (Å²) in [6.45, 7) is 0.370. The molecule has 5 heteroatoms. The van der Waals surface area contributed by atoms with E-state index in [0.717, 1.165) is 11.6 Å². The lowest BCUT2D eigenvalue weighted by molar-refractivity contribution is 0.294. The molecule has 0 amide bonds. The SMILES string of the molecule is Oc1ccc(-c2ccc(OCc3ccccc3)nc2)c(F)c1F. The average Bonchev–Trinajstić information content (AvgIpc) is 2.60. The maximum absolute atomic E-state index is 13.8. The van der Waals surface area contributed by atoms with Crippen LogP contribution in [0.2, 0.25) is 0 Å². The summed E-state index contributed by atoms with van der Waals surface area (Å²) in [6, 6.07) is 15.2. The van der Waals surface area contributed by atoms with E-state index in [9.17, 15) is 8.78 Å². The number of aromatic nitrogens is 1. The van der Waals surface area contributed by atoms with Gasteiger partial charge in [0.25, 0.3) is 0 Å². The Hall–Kier alpha value is -2.95. The Kier molecular flexibility index (Phi) is 4.19. The Morgan fingerprint density at radius 3 is 2.39 bits per heavy atom. The highest BCUT2D eigenvalue weighted by atomic mass is 19.2. The lowest BCUT2D eigenvalue weighted by Gasteiger charge is -2.08. The molecule has 1 N–H and O–H groups in total. The van der Waals surface area contributed by atoms with Crippen LogP contribution in [0.4, 0.5) is 8.78 Å². The second-order valence-corrected chi connectivity index (χ2v) is 4.92. The second kappa shape index (κ2) is 6.44. The molecule has 0 fully saturated rings. The molecule has 0 bridgehead atoms. The van der Waals surface area contributed by atoms with Gasteiger partial charge in [-0.15, -0.1) is 0 Å². The first-order valence-electron chi connectivity index (χ1n) is 6.95. The van der Waals surface area contributed by atoms with E-state index in [2.05, 4.69) is 4.98 Å². The fraction of sp³-hybridized carbons (Fsp3) is 0.0556. The molecule has 116 valence electrons. The van der Waals surface area contributed by atoms with Crippen molar-refractivity contribution in [2.75, 3.05) is 0 Å². The quantitative estimate of drug-likeness (QED) is 0.780. The first-order chi connectivity index (χ1) is 11.1. The molecular weight excluding hydrogens is 300 g/mol. The van der Waals surface area contributed by atoms with Gasteiger partial charge in [0, 0.05) is 23.4 Å². The maximum atomic E-state index is 13.8. The van der Waals surface area contributed by atoms with Gasteiger partial charge in [-0.1, -0.05) is 30.3 Å². The molecule has 0 spiro atoms. The number of nitrogens with zero attached hydrogens (tertiary/aromatic N) is 1. The molecule has 3 nitrogen and oxygen atoms in total. The molecule has 0 saturated heterocycles. The van der Waals surface area contributed by atoms with E-state index in [1.165, 1.54) is 12.3 Å². The minimum Gasteiger partial charge on any atom is -0.505 e. The van der Waals surface area contributed by atoms with Crippen LogP contribution in [0.1, 0.15) is 5.56 Å². The third-order valence-electron chi connectivity index (χ3n) is 3.34. The lowest BCUT2D eigenvalue weighted by Crippen LogP contribution is -1.97. The van der Waals surface area contributed by atoms with Crippen molar-refractivity contribution in [2.24, 2.45) is 0 Å². The number of phenolic OH excluding ortho intramolecular Hbond substituents is 1. The number of aromatic hydroxyl groups is 1. The van der Waals surface area contributed by atoms with Gasteiger partial charge < -0.3 is 9.84 Å². The van der Waals surface area contributed by atoms with Gasteiger partial charge in [-0.05, 0) is 23.8 Å². The first-order valence-corrected chi connectivity index (χ1v) is 6.95. The van der Waals surface area contributed by atoms with Crippen LogP contribution in [0.15, 0.2) is 60.8 Å². The summed E-state index contributed by atoms with van der Waals surface area (Å²) in [6.07, 6.45) is 1.40. The predicted molar refractivity (Wildman–Crippen MR) is 82.0 cm³/mol. The minimum absolute atomic E-state index is 0.0300. The number of halogens is 2. The maximum Gasteiger partial charge on any atom is 0.213 e. The Morgan fingerprint density at radius 1 is 0.913 bits per heavy atom. The van der Waals surface area contributed by atoms with E-state index in [1.54, 1.807) is 12.1 Å². The molecule has 0 radical (unpaired) electrons. The Morgan fingerprint density at radius 2 is 1.70 bits per heavy atom. The van der Waals surface area contributed by atoms with Crippen LogP contribution in [-0.4, -0.2) is 10.1 Å². The molecule has 0 saturated carbocycles. The Bertz CT molecular complexity index is 805. The molecule has 0 aliphatic rings. The molecule has 2 aromatic carbocycles. The van der Waals surface area contributed by atoms with Crippen molar-refractivity contribution in [2.45, 2.75) is 6.61 Å². The Balaban J connectivity index is 1.76. The van der Waals surface area contributed by atoms with Gasteiger partial charge in [0.2, 0.25) is 11.7 Å². The topological polar surface area (TPSA) is 42.4 Å². The molecular formula is C18H13F2NO2. The Labute approximate surface area is 131 Å². The van der Waals surface area contributed by atoms with Crippen molar-refractivity contribution >= 4 is 0 Å². The highest BCUT2D eigenvalue weighted by molar-refractivity contribution is 5.64. The summed E-state index contributed by atoms with van der Waals surface area (Å²) >= 11 is 0. The third-order valence-corrected chi connectivity index (χ3v) is 3.34. The number of hydrogen-bond donors (Lipinski definition) is 1. The number of phenols is 1. The molecule has 0 aliphatic heterocycles. The molecule has 1 heterocycles. The fourth-order valence-electron chi connectivity index (χ4n) is 2.12. The molecule has 3 aromatic rings. The van der Waals surface area contributed by atoms with Crippen molar-refractivity contribution < 1.29 is 18.6 Å². The van der Waals surface area contributed by atoms with Crippen LogP contribution in [-0.2, 0) is 6.61 Å².